The molecular formula is C29H36O. The van der Waals surface area contributed by atoms with Gasteiger partial charge in [-0.2, -0.15) is 0 Å². The van der Waals surface area contributed by atoms with Crippen molar-refractivity contribution in [3.05, 3.63) is 89.5 Å². The predicted molar refractivity (Wildman–Crippen MR) is 127 cm³/mol. The number of benzene rings is 2. The second-order valence-corrected chi connectivity index (χ2v) is 9.87. The van der Waals surface area contributed by atoms with E-state index in [1.54, 1.807) is 7.11 Å². The van der Waals surface area contributed by atoms with E-state index < -0.39 is 0 Å². The molecule has 4 rings (SSSR count). The Kier molecular flexibility index (Phi) is 6.18. The minimum absolute atomic E-state index is 0.108. The van der Waals surface area contributed by atoms with Gasteiger partial charge in [0.1, 0.15) is 5.75 Å². The first-order valence-electron chi connectivity index (χ1n) is 11.6. The van der Waals surface area contributed by atoms with Crippen LogP contribution in [0.3, 0.4) is 0 Å². The zero-order valence-corrected chi connectivity index (χ0v) is 18.9. The SMILES string of the molecule is COc1ccc(C(CCC2CCCC2)(C2=CCC(C)(C)C=C2)c2ccccc2)cc1. The summed E-state index contributed by atoms with van der Waals surface area (Å²) in [6.45, 7) is 4.65. The van der Waals surface area contributed by atoms with Crippen molar-refractivity contribution >= 4 is 0 Å². The predicted octanol–water partition coefficient (Wildman–Crippen LogP) is 7.86. The van der Waals surface area contributed by atoms with E-state index in [9.17, 15) is 0 Å². The smallest absolute Gasteiger partial charge is 0.118 e. The summed E-state index contributed by atoms with van der Waals surface area (Å²) in [7, 11) is 1.74. The van der Waals surface area contributed by atoms with Gasteiger partial charge in [-0.25, -0.2) is 0 Å². The van der Waals surface area contributed by atoms with Crippen molar-refractivity contribution in [1.82, 2.24) is 0 Å². The fourth-order valence-corrected chi connectivity index (χ4v) is 5.39. The maximum absolute atomic E-state index is 5.47. The molecule has 0 heterocycles. The summed E-state index contributed by atoms with van der Waals surface area (Å²) in [5, 5.41) is 0. The van der Waals surface area contributed by atoms with E-state index in [2.05, 4.69) is 86.7 Å². The van der Waals surface area contributed by atoms with E-state index in [0.29, 0.717) is 0 Å². The Bertz CT molecular complexity index is 882. The molecule has 0 radical (unpaired) electrons. The highest BCUT2D eigenvalue weighted by molar-refractivity contribution is 5.54. The van der Waals surface area contributed by atoms with Gasteiger partial charge in [-0.3, -0.25) is 0 Å². The second kappa shape index (κ2) is 8.84. The third kappa shape index (κ3) is 4.26. The molecule has 1 fully saturated rings. The van der Waals surface area contributed by atoms with Gasteiger partial charge in [-0.15, -0.1) is 0 Å². The van der Waals surface area contributed by atoms with Crippen LogP contribution in [0.4, 0.5) is 0 Å². The number of rotatable bonds is 7. The zero-order valence-electron chi connectivity index (χ0n) is 18.9. The van der Waals surface area contributed by atoms with Crippen LogP contribution < -0.4 is 4.74 Å². The summed E-state index contributed by atoms with van der Waals surface area (Å²) in [5.41, 5.74) is 4.36. The van der Waals surface area contributed by atoms with Crippen molar-refractivity contribution in [1.29, 1.82) is 0 Å². The summed E-state index contributed by atoms with van der Waals surface area (Å²) in [4.78, 5) is 0. The largest absolute Gasteiger partial charge is 0.497 e. The van der Waals surface area contributed by atoms with Crippen LogP contribution in [0.15, 0.2) is 78.4 Å². The lowest BCUT2D eigenvalue weighted by Crippen LogP contribution is -2.32. The van der Waals surface area contributed by atoms with Crippen LogP contribution in [0.1, 0.15) is 69.9 Å². The number of methoxy groups -OCH3 is 1. The highest BCUT2D eigenvalue weighted by Crippen LogP contribution is 2.48. The van der Waals surface area contributed by atoms with Gasteiger partial charge in [0.25, 0.3) is 0 Å². The Balaban J connectivity index is 1.83. The quantitative estimate of drug-likeness (QED) is 0.459. The first-order chi connectivity index (χ1) is 14.5. The zero-order chi connectivity index (χ0) is 21.0. The Hall–Kier alpha value is -2.28. The second-order valence-electron chi connectivity index (χ2n) is 9.87. The molecule has 1 atom stereocenters. The van der Waals surface area contributed by atoms with Crippen LogP contribution in [0.5, 0.6) is 5.75 Å². The molecular weight excluding hydrogens is 364 g/mol. The lowest BCUT2D eigenvalue weighted by Gasteiger charge is -2.40. The van der Waals surface area contributed by atoms with Crippen molar-refractivity contribution in [2.75, 3.05) is 7.11 Å². The molecule has 0 aromatic heterocycles. The molecule has 0 aliphatic heterocycles. The lowest BCUT2D eigenvalue weighted by atomic mass is 9.63. The molecule has 2 aliphatic rings. The first kappa shape index (κ1) is 21.0. The fraction of sp³-hybridized carbons (Fsp3) is 0.448. The van der Waals surface area contributed by atoms with Crippen molar-refractivity contribution in [3.63, 3.8) is 0 Å². The van der Waals surface area contributed by atoms with Gasteiger partial charge in [-0.05, 0) is 59.4 Å². The summed E-state index contributed by atoms with van der Waals surface area (Å²) in [6.07, 6.45) is 16.5. The monoisotopic (exact) mass is 400 g/mol. The molecule has 0 spiro atoms. The molecule has 0 saturated heterocycles. The van der Waals surface area contributed by atoms with Gasteiger partial charge >= 0.3 is 0 Å². The molecule has 1 unspecified atom stereocenters. The van der Waals surface area contributed by atoms with E-state index >= 15 is 0 Å². The van der Waals surface area contributed by atoms with E-state index in [0.717, 1.165) is 24.5 Å². The van der Waals surface area contributed by atoms with Gasteiger partial charge in [0.2, 0.25) is 0 Å². The maximum atomic E-state index is 5.47. The Morgan fingerprint density at radius 1 is 0.933 bits per heavy atom. The minimum Gasteiger partial charge on any atom is -0.497 e. The number of hydrogen-bond acceptors (Lipinski definition) is 1. The standard InChI is InChI=1S/C29H36O/c1-28(2)20-18-26(19-21-28)29(24-11-5-4-6-12-24,22-17-23-9-7-8-10-23)25-13-15-27(30-3)16-14-25/h4-6,11-16,18-20,23H,7-10,17,21-22H2,1-3H3. The molecule has 2 aromatic rings. The molecule has 0 amide bonds. The minimum atomic E-state index is -0.108. The molecule has 1 saturated carbocycles. The number of allylic oxidation sites excluding steroid dienone is 4. The van der Waals surface area contributed by atoms with Crippen LogP contribution in [-0.4, -0.2) is 7.11 Å². The third-order valence-electron chi connectivity index (χ3n) is 7.31. The normalized spacial score (nSPS) is 20.6. The lowest BCUT2D eigenvalue weighted by molar-refractivity contribution is 0.409. The average Bonchev–Trinajstić information content (AvgIpc) is 3.30. The van der Waals surface area contributed by atoms with Crippen molar-refractivity contribution in [3.8, 4) is 5.75 Å². The van der Waals surface area contributed by atoms with Crippen LogP contribution in [0, 0.1) is 11.3 Å². The molecule has 1 heteroatoms. The van der Waals surface area contributed by atoms with Gasteiger partial charge in [0.05, 0.1) is 7.11 Å². The highest BCUT2D eigenvalue weighted by atomic mass is 16.5. The van der Waals surface area contributed by atoms with Crippen molar-refractivity contribution < 1.29 is 4.74 Å². The van der Waals surface area contributed by atoms with Crippen LogP contribution >= 0.6 is 0 Å². The maximum Gasteiger partial charge on any atom is 0.118 e. The third-order valence-corrected chi connectivity index (χ3v) is 7.31. The van der Waals surface area contributed by atoms with E-state index in [4.69, 9.17) is 4.74 Å². The van der Waals surface area contributed by atoms with Crippen LogP contribution in [-0.2, 0) is 5.41 Å². The highest BCUT2D eigenvalue weighted by Gasteiger charge is 2.39. The summed E-state index contributed by atoms with van der Waals surface area (Å²) < 4.78 is 5.47. The van der Waals surface area contributed by atoms with Crippen molar-refractivity contribution in [2.45, 2.75) is 64.2 Å². The van der Waals surface area contributed by atoms with E-state index in [1.807, 2.05) is 0 Å². The summed E-state index contributed by atoms with van der Waals surface area (Å²) in [5.74, 6) is 1.79. The summed E-state index contributed by atoms with van der Waals surface area (Å²) in [6, 6.07) is 20.0. The molecule has 1 nitrogen and oxygen atoms in total. The molecule has 2 aliphatic carbocycles. The van der Waals surface area contributed by atoms with Crippen LogP contribution in [0.2, 0.25) is 0 Å². The fourth-order valence-electron chi connectivity index (χ4n) is 5.39. The number of ether oxygens (including phenoxy) is 1. The van der Waals surface area contributed by atoms with Crippen molar-refractivity contribution in [2.24, 2.45) is 11.3 Å². The Morgan fingerprint density at radius 3 is 2.20 bits per heavy atom. The Labute approximate surface area is 182 Å². The van der Waals surface area contributed by atoms with E-state index in [1.165, 1.54) is 48.8 Å². The number of hydrogen-bond donors (Lipinski definition) is 0. The topological polar surface area (TPSA) is 9.23 Å². The molecule has 0 bridgehead atoms. The average molecular weight is 401 g/mol. The molecule has 0 N–H and O–H groups in total. The van der Waals surface area contributed by atoms with Gasteiger partial charge in [0.15, 0.2) is 0 Å². The van der Waals surface area contributed by atoms with Gasteiger partial charge in [-0.1, -0.05) is 100 Å². The van der Waals surface area contributed by atoms with Gasteiger partial charge < -0.3 is 4.74 Å². The van der Waals surface area contributed by atoms with Crippen LogP contribution in [0.25, 0.3) is 0 Å². The molecule has 2 aromatic carbocycles. The summed E-state index contributed by atoms with van der Waals surface area (Å²) >= 11 is 0. The van der Waals surface area contributed by atoms with E-state index in [-0.39, 0.29) is 10.8 Å². The Morgan fingerprint density at radius 2 is 1.60 bits per heavy atom. The van der Waals surface area contributed by atoms with Gasteiger partial charge in [0, 0.05) is 5.41 Å². The molecule has 30 heavy (non-hydrogen) atoms. The first-order valence-corrected chi connectivity index (χ1v) is 11.6. The molecule has 158 valence electrons.